The molecule has 0 N–H and O–H groups in total. The highest BCUT2D eigenvalue weighted by Gasteiger charge is 2.22. The molecule has 8 aromatic carbocycles. The molecule has 0 amide bonds. The van der Waals surface area contributed by atoms with Crippen LogP contribution in [-0.2, 0) is 0 Å². The summed E-state index contributed by atoms with van der Waals surface area (Å²) < 4.78 is 11.2. The molecule has 7 heteroatoms. The maximum absolute atomic E-state index is 6.88. The minimum atomic E-state index is 0.803. The molecule has 13 rings (SSSR count). The molecule has 0 fully saturated rings. The molecule has 5 aromatic heterocycles. The highest BCUT2D eigenvalue weighted by Crippen LogP contribution is 2.44. The first-order valence-corrected chi connectivity index (χ1v) is 23.1. The van der Waals surface area contributed by atoms with E-state index in [1.807, 2.05) is 24.3 Å². The molecule has 13 aromatic rings. The molecule has 0 atom stereocenters. The Morgan fingerprint density at radius 2 is 0.667 bits per heavy atom. The van der Waals surface area contributed by atoms with Crippen LogP contribution in [0, 0.1) is 0 Å². The van der Waals surface area contributed by atoms with E-state index < -0.39 is 0 Å². The number of anilines is 6. The van der Waals surface area contributed by atoms with Crippen LogP contribution < -0.4 is 9.80 Å². The summed E-state index contributed by atoms with van der Waals surface area (Å²) in [5.74, 6) is 0. The summed E-state index contributed by atoms with van der Waals surface area (Å²) >= 11 is 0. The average molecular weight is 887 g/mol. The van der Waals surface area contributed by atoms with Crippen LogP contribution in [0.3, 0.4) is 0 Å². The quantitative estimate of drug-likeness (QED) is 0.137. The van der Waals surface area contributed by atoms with E-state index in [9.17, 15) is 0 Å². The van der Waals surface area contributed by atoms with Crippen molar-refractivity contribution >= 4 is 67.4 Å². The average Bonchev–Trinajstić information content (AvgIpc) is 4.12. The van der Waals surface area contributed by atoms with Crippen molar-refractivity contribution < 1.29 is 4.42 Å². The van der Waals surface area contributed by atoms with E-state index in [0.29, 0.717) is 0 Å². The van der Waals surface area contributed by atoms with Crippen molar-refractivity contribution in [2.75, 3.05) is 9.80 Å². The SMILES string of the molecule is c1ccc(-c2c(-c3cccc(N(c4ccccc4)c4ccc5c(c4)oc4cc(N(c6ccccc6)c6cccc(-c7nc8ccccn8c7-c7ccccc7)c6)ccc45)c3)nc3ccccn23)cc1. The van der Waals surface area contributed by atoms with Crippen LogP contribution in [0.15, 0.2) is 259 Å². The molecule has 0 radical (unpaired) electrons. The first-order valence-electron chi connectivity index (χ1n) is 23.1. The zero-order valence-electron chi connectivity index (χ0n) is 37.3. The highest BCUT2D eigenvalue weighted by molar-refractivity contribution is 6.07. The van der Waals surface area contributed by atoms with E-state index >= 15 is 0 Å². The summed E-state index contributed by atoms with van der Waals surface area (Å²) in [5, 5.41) is 2.10. The van der Waals surface area contributed by atoms with E-state index in [1.165, 1.54) is 0 Å². The van der Waals surface area contributed by atoms with Crippen molar-refractivity contribution in [3.63, 3.8) is 0 Å². The fourth-order valence-electron chi connectivity index (χ4n) is 9.80. The van der Waals surface area contributed by atoms with Gasteiger partial charge >= 0.3 is 0 Å². The third kappa shape index (κ3) is 7.08. The van der Waals surface area contributed by atoms with Crippen LogP contribution in [0.2, 0.25) is 0 Å². The van der Waals surface area contributed by atoms with Crippen LogP contribution in [0.1, 0.15) is 0 Å². The van der Waals surface area contributed by atoms with E-state index in [-0.39, 0.29) is 0 Å². The lowest BCUT2D eigenvalue weighted by molar-refractivity contribution is 0.669. The van der Waals surface area contributed by atoms with Gasteiger partial charge in [0.25, 0.3) is 0 Å². The normalized spacial score (nSPS) is 11.5. The number of fused-ring (bicyclic) bond motifs is 5. The number of nitrogens with zero attached hydrogens (tertiary/aromatic N) is 6. The van der Waals surface area contributed by atoms with Gasteiger partial charge in [0.15, 0.2) is 0 Å². The predicted octanol–water partition coefficient (Wildman–Crippen LogP) is 16.5. The fourth-order valence-corrected chi connectivity index (χ4v) is 9.80. The number of rotatable bonds is 10. The molecule has 0 aliphatic carbocycles. The molecule has 0 spiro atoms. The molecule has 0 unspecified atom stereocenters. The molecular weight excluding hydrogens is 845 g/mol. The third-order valence-corrected chi connectivity index (χ3v) is 12.9. The first-order chi connectivity index (χ1) is 34.2. The van der Waals surface area contributed by atoms with Gasteiger partial charge < -0.3 is 14.2 Å². The molecule has 0 saturated carbocycles. The van der Waals surface area contributed by atoms with Crippen molar-refractivity contribution in [3.05, 3.63) is 255 Å². The van der Waals surface area contributed by atoms with Gasteiger partial charge in [-0.25, -0.2) is 9.97 Å². The molecule has 0 bridgehead atoms. The summed E-state index contributed by atoms with van der Waals surface area (Å²) in [4.78, 5) is 15.0. The van der Waals surface area contributed by atoms with Gasteiger partial charge in [0.2, 0.25) is 0 Å². The van der Waals surface area contributed by atoms with Gasteiger partial charge in [-0.05, 0) is 97.1 Å². The summed E-state index contributed by atoms with van der Waals surface area (Å²) in [6, 6.07) is 84.7. The molecule has 5 heterocycles. The fraction of sp³-hybridized carbons (Fsp3) is 0. The topological polar surface area (TPSA) is 54.2 Å². The summed E-state index contributed by atoms with van der Waals surface area (Å²) in [6.07, 6.45) is 4.17. The van der Waals surface area contributed by atoms with Crippen LogP contribution in [0.25, 0.3) is 78.3 Å². The second-order valence-electron chi connectivity index (χ2n) is 17.1. The Kier molecular flexibility index (Phi) is 9.68. The third-order valence-electron chi connectivity index (χ3n) is 12.9. The Morgan fingerprint density at radius 1 is 0.304 bits per heavy atom. The number of benzene rings is 8. The molecule has 69 heavy (non-hydrogen) atoms. The van der Waals surface area contributed by atoms with E-state index in [2.05, 4.69) is 249 Å². The first kappa shape index (κ1) is 39.9. The number of pyridine rings is 2. The Hall–Kier alpha value is -9.46. The Labute approximate surface area is 398 Å². The number of hydrogen-bond acceptors (Lipinski definition) is 5. The molecule has 0 aliphatic rings. The second kappa shape index (κ2) is 16.8. The van der Waals surface area contributed by atoms with Gasteiger partial charge in [-0.15, -0.1) is 0 Å². The lowest BCUT2D eigenvalue weighted by atomic mass is 10.0. The minimum Gasteiger partial charge on any atom is -0.456 e. The van der Waals surface area contributed by atoms with E-state index in [0.717, 1.165) is 112 Å². The lowest BCUT2D eigenvalue weighted by Crippen LogP contribution is -2.09. The van der Waals surface area contributed by atoms with Gasteiger partial charge in [-0.3, -0.25) is 8.80 Å². The lowest BCUT2D eigenvalue weighted by Gasteiger charge is -2.26. The standard InChI is InChI=1S/C62H42N6O/c1-5-19-43(20-6-1)61-59(63-57-31-13-15-37-65(57)61)45-23-17-29-49(39-45)67(47-25-9-3-10-26-47)51-33-35-53-54-36-34-52(42-56(54)69-55(53)41-51)68(48-27-11-4-12-28-48)50-30-18-24-46(40-50)60-62(44-21-7-2-8-22-44)66-38-16-14-32-58(66)64-60/h1-42H. The highest BCUT2D eigenvalue weighted by atomic mass is 16.3. The zero-order valence-corrected chi connectivity index (χ0v) is 37.3. The molecular formula is C62H42N6O. The van der Waals surface area contributed by atoms with Gasteiger partial charge in [-0.1, -0.05) is 133 Å². The number of furan rings is 1. The van der Waals surface area contributed by atoms with Crippen molar-refractivity contribution in [1.29, 1.82) is 0 Å². The summed E-state index contributed by atoms with van der Waals surface area (Å²) in [7, 11) is 0. The van der Waals surface area contributed by atoms with Crippen molar-refractivity contribution in [3.8, 4) is 45.0 Å². The van der Waals surface area contributed by atoms with Gasteiger partial charge in [0.1, 0.15) is 22.5 Å². The van der Waals surface area contributed by atoms with E-state index in [1.54, 1.807) is 0 Å². The van der Waals surface area contributed by atoms with Gasteiger partial charge in [0, 0.05) is 91.7 Å². The summed E-state index contributed by atoms with van der Waals surface area (Å²) in [6.45, 7) is 0. The van der Waals surface area contributed by atoms with E-state index in [4.69, 9.17) is 14.4 Å². The van der Waals surface area contributed by atoms with Crippen LogP contribution in [0.5, 0.6) is 0 Å². The predicted molar refractivity (Wildman–Crippen MR) is 282 cm³/mol. The molecule has 326 valence electrons. The number of aromatic nitrogens is 4. The van der Waals surface area contributed by atoms with Crippen LogP contribution in [0.4, 0.5) is 34.1 Å². The monoisotopic (exact) mass is 886 g/mol. The zero-order chi connectivity index (χ0) is 45.7. The number of imidazole rings is 2. The Balaban J connectivity index is 0.907. The molecule has 0 aliphatic heterocycles. The van der Waals surface area contributed by atoms with Crippen LogP contribution in [-0.4, -0.2) is 18.8 Å². The van der Waals surface area contributed by atoms with Gasteiger partial charge in [0.05, 0.1) is 22.8 Å². The smallest absolute Gasteiger partial charge is 0.137 e. The maximum atomic E-state index is 6.88. The van der Waals surface area contributed by atoms with Crippen molar-refractivity contribution in [2.24, 2.45) is 0 Å². The Morgan fingerprint density at radius 3 is 1.10 bits per heavy atom. The minimum absolute atomic E-state index is 0.803. The Bertz CT molecular complexity index is 3710. The summed E-state index contributed by atoms with van der Waals surface area (Å²) in [5.41, 5.74) is 17.7. The largest absolute Gasteiger partial charge is 0.456 e. The van der Waals surface area contributed by atoms with Crippen molar-refractivity contribution in [2.45, 2.75) is 0 Å². The van der Waals surface area contributed by atoms with Gasteiger partial charge in [-0.2, -0.15) is 0 Å². The maximum Gasteiger partial charge on any atom is 0.137 e. The molecule has 7 nitrogen and oxygen atoms in total. The second-order valence-corrected chi connectivity index (χ2v) is 17.1. The number of para-hydroxylation sites is 2. The van der Waals surface area contributed by atoms with Crippen LogP contribution >= 0.6 is 0 Å². The molecule has 0 saturated heterocycles. The number of hydrogen-bond donors (Lipinski definition) is 0. The van der Waals surface area contributed by atoms with Crippen molar-refractivity contribution in [1.82, 2.24) is 18.8 Å².